The van der Waals surface area contributed by atoms with Gasteiger partial charge in [-0.1, -0.05) is 30.0 Å². The van der Waals surface area contributed by atoms with E-state index in [9.17, 15) is 4.79 Å². The maximum atomic E-state index is 12.4. The fraction of sp³-hybridized carbons (Fsp3) is 0.438. The number of amides is 1. The van der Waals surface area contributed by atoms with E-state index in [2.05, 4.69) is 9.97 Å². The van der Waals surface area contributed by atoms with Crippen molar-refractivity contribution in [1.29, 1.82) is 0 Å². The Balaban J connectivity index is 1.85. The van der Waals surface area contributed by atoms with E-state index in [0.29, 0.717) is 0 Å². The molecule has 0 radical (unpaired) electrons. The highest BCUT2D eigenvalue weighted by Gasteiger charge is 2.24. The van der Waals surface area contributed by atoms with E-state index in [1.165, 1.54) is 11.8 Å². The number of benzene rings is 1. The predicted molar refractivity (Wildman–Crippen MR) is 85.4 cm³/mol. The van der Waals surface area contributed by atoms with Gasteiger partial charge in [0.05, 0.1) is 10.8 Å². The van der Waals surface area contributed by atoms with Crippen LogP contribution >= 0.6 is 11.8 Å². The molecule has 1 fully saturated rings. The van der Waals surface area contributed by atoms with Crippen molar-refractivity contribution in [3.8, 4) is 0 Å². The van der Waals surface area contributed by atoms with Crippen LogP contribution in [0.15, 0.2) is 29.3 Å². The maximum absolute atomic E-state index is 12.4. The molecule has 1 amide bonds. The van der Waals surface area contributed by atoms with Gasteiger partial charge in [-0.25, -0.2) is 9.97 Å². The largest absolute Gasteiger partial charge is 0.342 e. The van der Waals surface area contributed by atoms with Gasteiger partial charge in [-0.2, -0.15) is 0 Å². The molecule has 5 heteroatoms. The Morgan fingerprint density at radius 2 is 1.95 bits per heavy atom. The molecule has 1 aliphatic rings. The van der Waals surface area contributed by atoms with E-state index in [1.807, 2.05) is 43.0 Å². The number of para-hydroxylation sites is 1. The molecule has 0 saturated carbocycles. The number of nitrogens with zero attached hydrogens (tertiary/aromatic N) is 3. The van der Waals surface area contributed by atoms with Gasteiger partial charge in [-0.3, -0.25) is 4.79 Å². The third-order valence-electron chi connectivity index (χ3n) is 3.73. The van der Waals surface area contributed by atoms with Crippen LogP contribution in [-0.4, -0.2) is 39.1 Å². The first-order chi connectivity index (χ1) is 10.1. The lowest BCUT2D eigenvalue weighted by Gasteiger charge is -2.20. The third kappa shape index (κ3) is 3.02. The molecule has 1 saturated heterocycles. The van der Waals surface area contributed by atoms with Crippen LogP contribution in [0.3, 0.4) is 0 Å². The molecule has 2 aromatic rings. The van der Waals surface area contributed by atoms with Crippen molar-refractivity contribution in [3.63, 3.8) is 0 Å². The number of thioether (sulfide) groups is 1. The summed E-state index contributed by atoms with van der Waals surface area (Å²) < 4.78 is 0. The lowest BCUT2D eigenvalue weighted by atomic mass is 10.2. The monoisotopic (exact) mass is 301 g/mol. The van der Waals surface area contributed by atoms with Crippen molar-refractivity contribution in [2.45, 2.75) is 37.0 Å². The van der Waals surface area contributed by atoms with Gasteiger partial charge in [0.2, 0.25) is 5.91 Å². The van der Waals surface area contributed by atoms with Gasteiger partial charge in [-0.15, -0.1) is 0 Å². The van der Waals surface area contributed by atoms with Crippen molar-refractivity contribution in [3.05, 3.63) is 30.1 Å². The van der Waals surface area contributed by atoms with E-state index >= 15 is 0 Å². The quantitative estimate of drug-likeness (QED) is 0.646. The van der Waals surface area contributed by atoms with Gasteiger partial charge < -0.3 is 4.90 Å². The molecular weight excluding hydrogens is 282 g/mol. The Kier molecular flexibility index (Phi) is 4.10. The third-order valence-corrected chi connectivity index (χ3v) is 4.82. The molecule has 110 valence electrons. The summed E-state index contributed by atoms with van der Waals surface area (Å²) in [5.41, 5.74) is 0.938. The molecule has 1 atom stereocenters. The zero-order chi connectivity index (χ0) is 14.8. The summed E-state index contributed by atoms with van der Waals surface area (Å²) in [6.07, 6.45) is 2.25. The van der Waals surface area contributed by atoms with Crippen LogP contribution in [0.1, 0.15) is 25.6 Å². The van der Waals surface area contributed by atoms with Crippen LogP contribution < -0.4 is 0 Å². The van der Waals surface area contributed by atoms with E-state index in [1.54, 1.807) is 0 Å². The second kappa shape index (κ2) is 6.02. The van der Waals surface area contributed by atoms with Gasteiger partial charge in [0.15, 0.2) is 0 Å². The summed E-state index contributed by atoms with van der Waals surface area (Å²) in [7, 11) is 0. The summed E-state index contributed by atoms with van der Waals surface area (Å²) in [5.74, 6) is 0.967. The minimum atomic E-state index is -0.110. The van der Waals surface area contributed by atoms with Crippen molar-refractivity contribution in [2.24, 2.45) is 0 Å². The Morgan fingerprint density at radius 1 is 1.24 bits per heavy atom. The first-order valence-electron chi connectivity index (χ1n) is 7.34. The van der Waals surface area contributed by atoms with Crippen molar-refractivity contribution < 1.29 is 4.79 Å². The number of carbonyl (C=O) groups excluding carboxylic acids is 1. The van der Waals surface area contributed by atoms with E-state index in [-0.39, 0.29) is 11.2 Å². The van der Waals surface area contributed by atoms with Crippen LogP contribution in [0.5, 0.6) is 0 Å². The topological polar surface area (TPSA) is 46.1 Å². The molecule has 0 spiro atoms. The predicted octanol–water partition coefficient (Wildman–Crippen LogP) is 3.04. The number of hydrogen-bond donors (Lipinski definition) is 0. The number of rotatable bonds is 3. The molecule has 0 aliphatic carbocycles. The van der Waals surface area contributed by atoms with E-state index < -0.39 is 0 Å². The SMILES string of the molecule is Cc1nc(S[C@@H](C)C(=O)N2CCCC2)c2ccccc2n1. The van der Waals surface area contributed by atoms with E-state index in [0.717, 1.165) is 47.7 Å². The number of aryl methyl sites for hydroxylation is 1. The molecule has 0 unspecified atom stereocenters. The highest BCUT2D eigenvalue weighted by Crippen LogP contribution is 2.29. The number of aromatic nitrogens is 2. The van der Waals surface area contributed by atoms with Crippen LogP contribution in [0.2, 0.25) is 0 Å². The maximum Gasteiger partial charge on any atom is 0.235 e. The fourth-order valence-electron chi connectivity index (χ4n) is 2.66. The Bertz CT molecular complexity index is 668. The lowest BCUT2D eigenvalue weighted by Crippen LogP contribution is -2.34. The minimum Gasteiger partial charge on any atom is -0.342 e. The first kappa shape index (κ1) is 14.3. The van der Waals surface area contributed by atoms with Crippen molar-refractivity contribution in [2.75, 3.05) is 13.1 Å². The Labute approximate surface area is 129 Å². The molecular formula is C16H19N3OS. The average molecular weight is 301 g/mol. The Morgan fingerprint density at radius 3 is 2.71 bits per heavy atom. The van der Waals surface area contributed by atoms with Gasteiger partial charge >= 0.3 is 0 Å². The molecule has 21 heavy (non-hydrogen) atoms. The van der Waals surface area contributed by atoms with Gasteiger partial charge in [0.1, 0.15) is 10.9 Å². The highest BCUT2D eigenvalue weighted by atomic mass is 32.2. The van der Waals surface area contributed by atoms with Crippen LogP contribution in [0, 0.1) is 6.92 Å². The zero-order valence-electron chi connectivity index (χ0n) is 12.4. The van der Waals surface area contributed by atoms with E-state index in [4.69, 9.17) is 0 Å². The number of likely N-dealkylation sites (tertiary alicyclic amines) is 1. The molecule has 2 heterocycles. The zero-order valence-corrected chi connectivity index (χ0v) is 13.2. The molecule has 1 aromatic carbocycles. The second-order valence-electron chi connectivity index (χ2n) is 5.39. The molecule has 3 rings (SSSR count). The van der Waals surface area contributed by atoms with Gasteiger partial charge in [0, 0.05) is 18.5 Å². The molecule has 0 bridgehead atoms. The summed E-state index contributed by atoms with van der Waals surface area (Å²) in [6.45, 7) is 5.65. The van der Waals surface area contributed by atoms with Crippen LogP contribution in [0.4, 0.5) is 0 Å². The minimum absolute atomic E-state index is 0.110. The van der Waals surface area contributed by atoms with Crippen molar-refractivity contribution in [1.82, 2.24) is 14.9 Å². The van der Waals surface area contributed by atoms with Crippen LogP contribution in [-0.2, 0) is 4.79 Å². The highest BCUT2D eigenvalue weighted by molar-refractivity contribution is 8.00. The normalized spacial score (nSPS) is 16.4. The van der Waals surface area contributed by atoms with Gasteiger partial charge in [0.25, 0.3) is 0 Å². The number of hydrogen-bond acceptors (Lipinski definition) is 4. The fourth-order valence-corrected chi connectivity index (χ4v) is 3.73. The van der Waals surface area contributed by atoms with Crippen molar-refractivity contribution >= 4 is 28.6 Å². The Hall–Kier alpha value is -1.62. The molecule has 0 N–H and O–H groups in total. The van der Waals surface area contributed by atoms with Crippen LogP contribution in [0.25, 0.3) is 10.9 Å². The lowest BCUT2D eigenvalue weighted by molar-refractivity contribution is -0.129. The molecule has 4 nitrogen and oxygen atoms in total. The number of carbonyl (C=O) groups is 1. The standard InChI is InChI=1S/C16H19N3OS/c1-11(16(20)19-9-5-6-10-19)21-15-13-7-3-4-8-14(13)17-12(2)18-15/h3-4,7-8,11H,5-6,9-10H2,1-2H3/t11-/m0/s1. The smallest absolute Gasteiger partial charge is 0.235 e. The average Bonchev–Trinajstić information content (AvgIpc) is 3.00. The van der Waals surface area contributed by atoms with Gasteiger partial charge in [-0.05, 0) is 32.8 Å². The summed E-state index contributed by atoms with van der Waals surface area (Å²) in [5, 5.41) is 1.81. The molecule has 1 aliphatic heterocycles. The summed E-state index contributed by atoms with van der Waals surface area (Å²) >= 11 is 1.54. The molecule has 1 aromatic heterocycles. The summed E-state index contributed by atoms with van der Waals surface area (Å²) in [4.78, 5) is 23.4. The second-order valence-corrected chi connectivity index (χ2v) is 6.72. The first-order valence-corrected chi connectivity index (χ1v) is 8.22. The number of fused-ring (bicyclic) bond motifs is 1. The summed E-state index contributed by atoms with van der Waals surface area (Å²) in [6, 6.07) is 7.96.